The van der Waals surface area contributed by atoms with E-state index in [4.69, 9.17) is 22.4 Å². The van der Waals surface area contributed by atoms with Gasteiger partial charge >= 0.3 is 0 Å². The number of halogens is 2. The van der Waals surface area contributed by atoms with Crippen LogP contribution < -0.4 is 10.6 Å². The molecule has 21 heavy (non-hydrogen) atoms. The number of nitrogens with zero attached hydrogens (tertiary/aromatic N) is 1. The van der Waals surface area contributed by atoms with Gasteiger partial charge in [-0.15, -0.1) is 0 Å². The maximum absolute atomic E-state index is 14.7. The largest absolute Gasteiger partial charge is 0.467 e. The summed E-state index contributed by atoms with van der Waals surface area (Å²) in [4.78, 5) is 2.21. The average molecular weight is 369 g/mol. The van der Waals surface area contributed by atoms with E-state index in [0.717, 1.165) is 18.6 Å². The highest BCUT2D eigenvalue weighted by Crippen LogP contribution is 2.37. The lowest BCUT2D eigenvalue weighted by molar-refractivity contribution is 0.498. The fraction of sp³-hybridized carbons (Fsp3) is 0.267. The third-order valence-electron chi connectivity index (χ3n) is 3.53. The second-order valence-corrected chi connectivity index (χ2v) is 6.30. The van der Waals surface area contributed by atoms with Crippen LogP contribution >= 0.6 is 28.1 Å². The molecule has 6 heteroatoms. The highest BCUT2D eigenvalue weighted by molar-refractivity contribution is 9.10. The van der Waals surface area contributed by atoms with Gasteiger partial charge in [-0.3, -0.25) is 0 Å². The Kier molecular flexibility index (Phi) is 3.99. The lowest BCUT2D eigenvalue weighted by atomic mass is 10.1. The molecule has 3 nitrogen and oxygen atoms in total. The molecule has 1 heterocycles. The molecule has 0 spiro atoms. The average Bonchev–Trinajstić information content (AvgIpc) is 3.16. The minimum absolute atomic E-state index is 0.177. The second-order valence-electron chi connectivity index (χ2n) is 5.06. The molecule has 2 aromatic rings. The number of thiocarbonyl (C=S) groups is 1. The van der Waals surface area contributed by atoms with E-state index >= 15 is 0 Å². The van der Waals surface area contributed by atoms with Crippen LogP contribution in [0.4, 0.5) is 10.1 Å². The highest BCUT2D eigenvalue weighted by Gasteiger charge is 2.32. The maximum atomic E-state index is 14.7. The third kappa shape index (κ3) is 2.96. The van der Waals surface area contributed by atoms with Gasteiger partial charge in [0.05, 0.1) is 23.0 Å². The number of benzene rings is 1. The number of hydrogen-bond donors (Lipinski definition) is 1. The summed E-state index contributed by atoms with van der Waals surface area (Å²) >= 11 is 8.18. The molecule has 1 aliphatic carbocycles. The van der Waals surface area contributed by atoms with Crippen LogP contribution in [0.2, 0.25) is 0 Å². The van der Waals surface area contributed by atoms with E-state index in [1.165, 1.54) is 0 Å². The van der Waals surface area contributed by atoms with Crippen molar-refractivity contribution in [3.8, 4) is 0 Å². The lowest BCUT2D eigenvalue weighted by Gasteiger charge is -2.25. The Hall–Kier alpha value is -1.40. The maximum Gasteiger partial charge on any atom is 0.161 e. The zero-order valence-corrected chi connectivity index (χ0v) is 13.6. The molecule has 1 fully saturated rings. The predicted molar refractivity (Wildman–Crippen MR) is 87.9 cm³/mol. The van der Waals surface area contributed by atoms with Crippen LogP contribution in [0.15, 0.2) is 39.4 Å². The lowest BCUT2D eigenvalue weighted by Crippen LogP contribution is -2.26. The molecule has 0 unspecified atom stereocenters. The monoisotopic (exact) mass is 368 g/mol. The molecule has 2 N–H and O–H groups in total. The van der Waals surface area contributed by atoms with Crippen LogP contribution in [0.1, 0.15) is 24.2 Å². The Balaban J connectivity index is 1.96. The SMILES string of the molecule is NC(=S)c1ccc(N(Cc2ccco2)C2CC2)c(F)c1Br. The van der Waals surface area contributed by atoms with Crippen molar-refractivity contribution in [2.45, 2.75) is 25.4 Å². The van der Waals surface area contributed by atoms with Gasteiger partial charge in [-0.05, 0) is 53.0 Å². The van der Waals surface area contributed by atoms with Gasteiger partial charge in [0.1, 0.15) is 10.7 Å². The first kappa shape index (κ1) is 14.5. The van der Waals surface area contributed by atoms with Crippen molar-refractivity contribution in [1.29, 1.82) is 0 Å². The first-order valence-electron chi connectivity index (χ1n) is 6.64. The molecular weight excluding hydrogens is 355 g/mol. The molecule has 3 rings (SSSR count). The molecule has 0 atom stereocenters. The molecule has 0 amide bonds. The summed E-state index contributed by atoms with van der Waals surface area (Å²) in [6.07, 6.45) is 3.76. The quantitative estimate of drug-likeness (QED) is 0.810. The summed E-state index contributed by atoms with van der Waals surface area (Å²) in [5.41, 5.74) is 6.65. The smallest absolute Gasteiger partial charge is 0.161 e. The number of furan rings is 1. The summed E-state index contributed by atoms with van der Waals surface area (Å²) in [7, 11) is 0. The van der Waals surface area contributed by atoms with Crippen LogP contribution in [0, 0.1) is 5.82 Å². The van der Waals surface area contributed by atoms with E-state index in [1.54, 1.807) is 18.4 Å². The van der Waals surface area contributed by atoms with E-state index in [1.807, 2.05) is 17.0 Å². The van der Waals surface area contributed by atoms with E-state index in [2.05, 4.69) is 15.9 Å². The van der Waals surface area contributed by atoms with Gasteiger partial charge < -0.3 is 15.1 Å². The standard InChI is InChI=1S/C15H14BrFN2OS/c16-13-11(15(18)21)5-6-12(14(13)17)19(9-3-4-9)8-10-2-1-7-20-10/h1-2,5-7,9H,3-4,8H2,(H2,18,21). The summed E-state index contributed by atoms with van der Waals surface area (Å²) in [6, 6.07) is 7.57. The Labute approximate surface area is 136 Å². The summed E-state index contributed by atoms with van der Waals surface area (Å²) in [6.45, 7) is 0.549. The zero-order chi connectivity index (χ0) is 15.0. The Bertz CT molecular complexity index is 671. The van der Waals surface area contributed by atoms with Crippen molar-refractivity contribution in [2.75, 3.05) is 4.90 Å². The van der Waals surface area contributed by atoms with Gasteiger partial charge in [0, 0.05) is 11.6 Å². The van der Waals surface area contributed by atoms with E-state index in [-0.39, 0.29) is 10.8 Å². The molecule has 110 valence electrons. The van der Waals surface area contributed by atoms with E-state index in [9.17, 15) is 4.39 Å². The Morgan fingerprint density at radius 1 is 1.43 bits per heavy atom. The molecule has 1 aromatic heterocycles. The summed E-state index contributed by atoms with van der Waals surface area (Å²) in [5.74, 6) is 0.481. The minimum atomic E-state index is -0.334. The van der Waals surface area contributed by atoms with Crippen LogP contribution in [-0.2, 0) is 6.54 Å². The van der Waals surface area contributed by atoms with Gasteiger partial charge in [-0.2, -0.15) is 0 Å². The van der Waals surface area contributed by atoms with E-state index in [0.29, 0.717) is 28.3 Å². The van der Waals surface area contributed by atoms with Crippen LogP contribution in [0.5, 0.6) is 0 Å². The van der Waals surface area contributed by atoms with Crippen molar-refractivity contribution in [3.63, 3.8) is 0 Å². The van der Waals surface area contributed by atoms with Crippen molar-refractivity contribution < 1.29 is 8.81 Å². The minimum Gasteiger partial charge on any atom is -0.467 e. The molecule has 1 aromatic carbocycles. The van der Waals surface area contributed by atoms with Gasteiger partial charge in [0.15, 0.2) is 5.82 Å². The fourth-order valence-corrected chi connectivity index (χ4v) is 3.17. The molecule has 0 saturated heterocycles. The Morgan fingerprint density at radius 2 is 2.19 bits per heavy atom. The van der Waals surface area contributed by atoms with Crippen LogP contribution in [0.3, 0.4) is 0 Å². The van der Waals surface area contributed by atoms with Crippen molar-refractivity contribution in [3.05, 3.63) is 52.1 Å². The van der Waals surface area contributed by atoms with Gasteiger partial charge in [-0.1, -0.05) is 12.2 Å². The third-order valence-corrected chi connectivity index (χ3v) is 4.53. The summed E-state index contributed by atoms with van der Waals surface area (Å²) < 4.78 is 20.4. The highest BCUT2D eigenvalue weighted by atomic mass is 79.9. The topological polar surface area (TPSA) is 42.4 Å². The van der Waals surface area contributed by atoms with Crippen molar-refractivity contribution in [1.82, 2.24) is 0 Å². The van der Waals surface area contributed by atoms with Crippen LogP contribution in [-0.4, -0.2) is 11.0 Å². The molecule has 0 bridgehead atoms. The number of hydrogen-bond acceptors (Lipinski definition) is 3. The molecule has 0 radical (unpaired) electrons. The first-order valence-corrected chi connectivity index (χ1v) is 7.85. The predicted octanol–water partition coefficient (Wildman–Crippen LogP) is 3.98. The van der Waals surface area contributed by atoms with Crippen molar-refractivity contribution in [2.24, 2.45) is 5.73 Å². The zero-order valence-electron chi connectivity index (χ0n) is 11.2. The fourth-order valence-electron chi connectivity index (χ4n) is 2.32. The van der Waals surface area contributed by atoms with Crippen LogP contribution in [0.25, 0.3) is 0 Å². The molecule has 1 aliphatic rings. The van der Waals surface area contributed by atoms with E-state index < -0.39 is 0 Å². The van der Waals surface area contributed by atoms with Crippen molar-refractivity contribution >= 4 is 38.8 Å². The summed E-state index contributed by atoms with van der Waals surface area (Å²) in [5, 5.41) is 0. The second kappa shape index (κ2) is 5.77. The van der Waals surface area contributed by atoms with Gasteiger partial charge in [0.2, 0.25) is 0 Å². The Morgan fingerprint density at radius 3 is 2.76 bits per heavy atom. The number of nitrogens with two attached hydrogens (primary N) is 1. The number of rotatable bonds is 5. The molecular formula is C15H14BrFN2OS. The molecule has 1 saturated carbocycles. The van der Waals surface area contributed by atoms with Gasteiger partial charge in [-0.25, -0.2) is 4.39 Å². The first-order chi connectivity index (χ1) is 10.1. The van der Waals surface area contributed by atoms with Gasteiger partial charge in [0.25, 0.3) is 0 Å². The normalized spacial score (nSPS) is 14.2. The molecule has 0 aliphatic heterocycles. The number of anilines is 1.